The Kier molecular flexibility index (Phi) is 3.70. The summed E-state index contributed by atoms with van der Waals surface area (Å²) in [4.78, 5) is 0. The smallest absolute Gasteiger partial charge is 0.0907 e. The van der Waals surface area contributed by atoms with Gasteiger partial charge in [0, 0.05) is 4.47 Å². The molecule has 1 aliphatic rings. The summed E-state index contributed by atoms with van der Waals surface area (Å²) in [6.07, 6.45) is 6.13. The first kappa shape index (κ1) is 12.1. The Bertz CT molecular complexity index is 354. The molecule has 1 N–H and O–H groups in total. The highest BCUT2D eigenvalue weighted by atomic mass is 79.9. The van der Waals surface area contributed by atoms with E-state index >= 15 is 0 Å². The van der Waals surface area contributed by atoms with Crippen LogP contribution in [-0.2, 0) is 5.60 Å². The van der Waals surface area contributed by atoms with Crippen LogP contribution < -0.4 is 0 Å². The third kappa shape index (κ3) is 2.33. The van der Waals surface area contributed by atoms with E-state index in [-0.39, 0.29) is 0 Å². The fourth-order valence-electron chi connectivity index (χ4n) is 2.76. The highest BCUT2D eigenvalue weighted by molar-refractivity contribution is 9.10. The van der Waals surface area contributed by atoms with Crippen LogP contribution in [0.1, 0.15) is 44.6 Å². The monoisotopic (exact) mass is 282 g/mol. The molecular weight excluding hydrogens is 264 g/mol. The van der Waals surface area contributed by atoms with Crippen molar-refractivity contribution >= 4 is 15.9 Å². The van der Waals surface area contributed by atoms with Crippen molar-refractivity contribution in [1.82, 2.24) is 0 Å². The predicted octanol–water partition coefficient (Wildman–Crippen LogP) is 4.24. The van der Waals surface area contributed by atoms with Crippen LogP contribution in [0.4, 0.5) is 0 Å². The first-order valence-corrected chi connectivity index (χ1v) is 6.89. The zero-order valence-electron chi connectivity index (χ0n) is 9.75. The summed E-state index contributed by atoms with van der Waals surface area (Å²) in [6.45, 7) is 1.96. The molecule has 1 nitrogen and oxygen atoms in total. The van der Waals surface area contributed by atoms with Crippen molar-refractivity contribution in [2.45, 2.75) is 44.6 Å². The van der Waals surface area contributed by atoms with E-state index in [9.17, 15) is 5.11 Å². The van der Waals surface area contributed by atoms with Crippen LogP contribution in [0.25, 0.3) is 0 Å². The van der Waals surface area contributed by atoms with Crippen LogP contribution in [-0.4, -0.2) is 5.11 Å². The molecule has 1 unspecified atom stereocenters. The zero-order chi connectivity index (χ0) is 11.6. The Labute approximate surface area is 106 Å². The molecule has 2 heteroatoms. The van der Waals surface area contributed by atoms with Crippen LogP contribution in [0.2, 0.25) is 0 Å². The molecule has 0 aliphatic heterocycles. The van der Waals surface area contributed by atoms with Gasteiger partial charge in [0.1, 0.15) is 0 Å². The SMILES string of the molecule is CC(O)(c1ccccc1Br)C1CCCCC1. The first-order chi connectivity index (χ1) is 7.62. The van der Waals surface area contributed by atoms with Gasteiger partial charge in [0.05, 0.1) is 5.60 Å². The third-order valence-corrected chi connectivity index (χ3v) is 4.51. The highest BCUT2D eigenvalue weighted by Gasteiger charge is 2.35. The van der Waals surface area contributed by atoms with Crippen molar-refractivity contribution in [1.29, 1.82) is 0 Å². The predicted molar refractivity (Wildman–Crippen MR) is 70.3 cm³/mol. The van der Waals surface area contributed by atoms with E-state index in [2.05, 4.69) is 15.9 Å². The molecule has 88 valence electrons. The molecule has 0 bridgehead atoms. The molecule has 0 heterocycles. The highest BCUT2D eigenvalue weighted by Crippen LogP contribution is 2.41. The number of aliphatic hydroxyl groups is 1. The second-order valence-corrected chi connectivity index (χ2v) is 5.82. The number of hydrogen-bond donors (Lipinski definition) is 1. The molecule has 16 heavy (non-hydrogen) atoms. The van der Waals surface area contributed by atoms with Crippen molar-refractivity contribution in [2.75, 3.05) is 0 Å². The van der Waals surface area contributed by atoms with Crippen LogP contribution in [0.3, 0.4) is 0 Å². The van der Waals surface area contributed by atoms with E-state index in [0.717, 1.165) is 22.9 Å². The van der Waals surface area contributed by atoms with Crippen molar-refractivity contribution in [3.63, 3.8) is 0 Å². The van der Waals surface area contributed by atoms with Crippen molar-refractivity contribution in [3.8, 4) is 0 Å². The molecular formula is C14H19BrO. The van der Waals surface area contributed by atoms with Crippen LogP contribution in [0.5, 0.6) is 0 Å². The minimum atomic E-state index is -0.694. The average molecular weight is 283 g/mol. The normalized spacial score (nSPS) is 21.7. The maximum Gasteiger partial charge on any atom is 0.0907 e. The van der Waals surface area contributed by atoms with Crippen molar-refractivity contribution < 1.29 is 5.11 Å². The lowest BCUT2D eigenvalue weighted by atomic mass is 9.74. The minimum absolute atomic E-state index is 0.403. The average Bonchev–Trinajstić information content (AvgIpc) is 2.30. The van der Waals surface area contributed by atoms with Gasteiger partial charge < -0.3 is 5.11 Å². The fourth-order valence-corrected chi connectivity index (χ4v) is 3.44. The molecule has 1 saturated carbocycles. The molecule has 0 aromatic heterocycles. The maximum atomic E-state index is 10.8. The van der Waals surface area contributed by atoms with Gasteiger partial charge in [0.25, 0.3) is 0 Å². The molecule has 1 aromatic carbocycles. The summed E-state index contributed by atoms with van der Waals surface area (Å²) in [5.74, 6) is 0.403. The van der Waals surface area contributed by atoms with E-state index in [1.54, 1.807) is 0 Å². The third-order valence-electron chi connectivity index (χ3n) is 3.82. The lowest BCUT2D eigenvalue weighted by molar-refractivity contribution is -0.0221. The first-order valence-electron chi connectivity index (χ1n) is 6.10. The minimum Gasteiger partial charge on any atom is -0.385 e. The number of hydrogen-bond acceptors (Lipinski definition) is 1. The quantitative estimate of drug-likeness (QED) is 0.860. The number of rotatable bonds is 2. The standard InChI is InChI=1S/C14H19BrO/c1-14(16,11-7-3-2-4-8-11)12-9-5-6-10-13(12)15/h5-6,9-11,16H,2-4,7-8H2,1H3. The van der Waals surface area contributed by atoms with Crippen LogP contribution in [0.15, 0.2) is 28.7 Å². The lowest BCUT2D eigenvalue weighted by Gasteiger charge is -2.36. The van der Waals surface area contributed by atoms with Gasteiger partial charge >= 0.3 is 0 Å². The molecule has 0 amide bonds. The Hall–Kier alpha value is -0.340. The summed E-state index contributed by atoms with van der Waals surface area (Å²) in [6, 6.07) is 8.02. The Morgan fingerprint density at radius 2 is 1.81 bits per heavy atom. The van der Waals surface area contributed by atoms with Gasteiger partial charge in [-0.15, -0.1) is 0 Å². The molecule has 0 radical (unpaired) electrons. The second kappa shape index (κ2) is 4.89. The van der Waals surface area contributed by atoms with E-state index in [0.29, 0.717) is 5.92 Å². The molecule has 1 aliphatic carbocycles. The van der Waals surface area contributed by atoms with E-state index < -0.39 is 5.60 Å². The van der Waals surface area contributed by atoms with Crippen molar-refractivity contribution in [3.05, 3.63) is 34.3 Å². The molecule has 2 rings (SSSR count). The maximum absolute atomic E-state index is 10.8. The van der Waals surface area contributed by atoms with Gasteiger partial charge in [-0.05, 0) is 37.3 Å². The van der Waals surface area contributed by atoms with Crippen LogP contribution in [0, 0.1) is 5.92 Å². The van der Waals surface area contributed by atoms with Gasteiger partial charge in [-0.2, -0.15) is 0 Å². The molecule has 0 saturated heterocycles. The van der Waals surface area contributed by atoms with E-state index in [4.69, 9.17) is 0 Å². The summed E-state index contributed by atoms with van der Waals surface area (Å²) in [5, 5.41) is 10.8. The molecule has 0 spiro atoms. The summed E-state index contributed by atoms with van der Waals surface area (Å²) >= 11 is 3.54. The summed E-state index contributed by atoms with van der Waals surface area (Å²) < 4.78 is 1.02. The molecule has 1 aromatic rings. The van der Waals surface area contributed by atoms with Gasteiger partial charge in [0.15, 0.2) is 0 Å². The van der Waals surface area contributed by atoms with Crippen molar-refractivity contribution in [2.24, 2.45) is 5.92 Å². The molecule has 1 fully saturated rings. The number of halogens is 1. The number of benzene rings is 1. The molecule has 1 atom stereocenters. The van der Waals surface area contributed by atoms with Gasteiger partial charge in [-0.3, -0.25) is 0 Å². The van der Waals surface area contributed by atoms with E-state index in [1.807, 2.05) is 31.2 Å². The van der Waals surface area contributed by atoms with Gasteiger partial charge in [-0.1, -0.05) is 53.4 Å². The summed E-state index contributed by atoms with van der Waals surface area (Å²) in [5.41, 5.74) is 0.336. The van der Waals surface area contributed by atoms with Crippen LogP contribution >= 0.6 is 15.9 Å². The fraction of sp³-hybridized carbons (Fsp3) is 0.571. The topological polar surface area (TPSA) is 20.2 Å². The van der Waals surface area contributed by atoms with Gasteiger partial charge in [0.2, 0.25) is 0 Å². The Morgan fingerprint density at radius 3 is 2.44 bits per heavy atom. The lowest BCUT2D eigenvalue weighted by Crippen LogP contribution is -2.33. The second-order valence-electron chi connectivity index (χ2n) is 4.96. The zero-order valence-corrected chi connectivity index (χ0v) is 11.3. The Morgan fingerprint density at radius 1 is 1.19 bits per heavy atom. The Balaban J connectivity index is 2.26. The van der Waals surface area contributed by atoms with E-state index in [1.165, 1.54) is 19.3 Å². The summed E-state index contributed by atoms with van der Waals surface area (Å²) in [7, 11) is 0. The van der Waals surface area contributed by atoms with Gasteiger partial charge in [-0.25, -0.2) is 0 Å². The largest absolute Gasteiger partial charge is 0.385 e.